The Morgan fingerprint density at radius 2 is 1.96 bits per heavy atom. The summed E-state index contributed by atoms with van der Waals surface area (Å²) in [5, 5.41) is 0. The van der Waals surface area contributed by atoms with Crippen molar-refractivity contribution >= 4 is 5.91 Å². The number of nitrogens with zero attached hydrogens (tertiary/aromatic N) is 3. The van der Waals surface area contributed by atoms with Crippen molar-refractivity contribution in [3.05, 3.63) is 30.1 Å². The molecule has 5 heterocycles. The number of pyridine rings is 1. The van der Waals surface area contributed by atoms with Gasteiger partial charge in [-0.15, -0.1) is 0 Å². The van der Waals surface area contributed by atoms with Crippen molar-refractivity contribution in [1.29, 1.82) is 0 Å². The topological polar surface area (TPSA) is 45.7 Å². The van der Waals surface area contributed by atoms with Crippen LogP contribution < -0.4 is 0 Å². The van der Waals surface area contributed by atoms with E-state index in [0.29, 0.717) is 24.4 Å². The lowest BCUT2D eigenvalue weighted by Crippen LogP contribution is -2.49. The van der Waals surface area contributed by atoms with Crippen molar-refractivity contribution in [2.75, 3.05) is 32.8 Å². The van der Waals surface area contributed by atoms with Crippen LogP contribution >= 0.6 is 0 Å². The number of fused-ring (bicyclic) bond motifs is 4. The summed E-state index contributed by atoms with van der Waals surface area (Å²) >= 11 is 0. The van der Waals surface area contributed by atoms with Gasteiger partial charge >= 0.3 is 0 Å². The molecule has 0 aromatic carbocycles. The van der Waals surface area contributed by atoms with E-state index in [9.17, 15) is 4.79 Å². The highest BCUT2D eigenvalue weighted by Crippen LogP contribution is 2.31. The standard InChI is InChI=1S/C19H27N3O2/c23-19(11-16-3-1-2-8-20-16)22-13-15-4-5-18(22)14-21(12-15)17-6-9-24-10-7-17/h1-3,8,15,17-18H,4-7,9-14H2/t15-,18+/m0/s1. The fraction of sp³-hybridized carbons (Fsp3) is 0.684. The Bertz CT molecular complexity index is 559. The number of piperidine rings is 1. The molecule has 1 amide bonds. The zero-order chi connectivity index (χ0) is 16.4. The average molecular weight is 329 g/mol. The van der Waals surface area contributed by atoms with Gasteiger partial charge in [-0.05, 0) is 43.7 Å². The number of carbonyl (C=O) groups excluding carboxylic acids is 1. The third-order valence-corrected chi connectivity index (χ3v) is 5.83. The largest absolute Gasteiger partial charge is 0.381 e. The van der Waals surface area contributed by atoms with Gasteiger partial charge in [0.1, 0.15) is 0 Å². The molecule has 0 N–H and O–H groups in total. The molecule has 0 unspecified atom stereocenters. The summed E-state index contributed by atoms with van der Waals surface area (Å²) in [6.07, 6.45) is 6.89. The first-order valence-electron chi connectivity index (χ1n) is 9.31. The molecule has 4 saturated heterocycles. The molecule has 0 saturated carbocycles. The van der Waals surface area contributed by atoms with Crippen LogP contribution in [0.5, 0.6) is 0 Å². The normalized spacial score (nSPS) is 28.8. The van der Waals surface area contributed by atoms with Gasteiger partial charge in [0.25, 0.3) is 0 Å². The maximum Gasteiger partial charge on any atom is 0.228 e. The molecule has 4 fully saturated rings. The van der Waals surface area contributed by atoms with Crippen molar-refractivity contribution < 1.29 is 9.53 Å². The smallest absolute Gasteiger partial charge is 0.228 e. The van der Waals surface area contributed by atoms with E-state index in [1.165, 1.54) is 6.42 Å². The van der Waals surface area contributed by atoms with Crippen LogP contribution in [0.4, 0.5) is 0 Å². The Morgan fingerprint density at radius 1 is 1.08 bits per heavy atom. The molecular formula is C19H27N3O2. The zero-order valence-corrected chi connectivity index (χ0v) is 14.3. The van der Waals surface area contributed by atoms with E-state index in [1.807, 2.05) is 18.2 Å². The van der Waals surface area contributed by atoms with E-state index < -0.39 is 0 Å². The van der Waals surface area contributed by atoms with Gasteiger partial charge in [-0.25, -0.2) is 0 Å². The summed E-state index contributed by atoms with van der Waals surface area (Å²) in [6, 6.07) is 6.82. The molecule has 2 atom stereocenters. The first kappa shape index (κ1) is 16.0. The highest BCUT2D eigenvalue weighted by atomic mass is 16.5. The Kier molecular flexibility index (Phi) is 4.81. The molecule has 2 bridgehead atoms. The number of amides is 1. The van der Waals surface area contributed by atoms with E-state index in [2.05, 4.69) is 14.8 Å². The SMILES string of the molecule is O=C(Cc1ccccn1)N1C[C@H]2CC[C@@H]1CN(C1CCOCC1)C2. The molecular weight excluding hydrogens is 302 g/mol. The molecule has 0 radical (unpaired) electrons. The van der Waals surface area contributed by atoms with Crippen LogP contribution in [-0.4, -0.2) is 65.6 Å². The molecule has 1 aromatic heterocycles. The third kappa shape index (κ3) is 3.47. The summed E-state index contributed by atoms with van der Waals surface area (Å²) in [4.78, 5) is 22.0. The van der Waals surface area contributed by atoms with Crippen LogP contribution in [0.2, 0.25) is 0 Å². The Hall–Kier alpha value is -1.46. The molecule has 1 aromatic rings. The highest BCUT2D eigenvalue weighted by molar-refractivity contribution is 5.78. The number of carbonyl (C=O) groups is 1. The summed E-state index contributed by atoms with van der Waals surface area (Å²) in [5.41, 5.74) is 0.879. The molecule has 4 aliphatic heterocycles. The second kappa shape index (κ2) is 7.19. The van der Waals surface area contributed by atoms with Crippen molar-refractivity contribution in [2.24, 2.45) is 5.92 Å². The van der Waals surface area contributed by atoms with Crippen molar-refractivity contribution in [3.8, 4) is 0 Å². The van der Waals surface area contributed by atoms with Gasteiger partial charge in [0.2, 0.25) is 5.91 Å². The van der Waals surface area contributed by atoms with E-state index in [-0.39, 0.29) is 5.91 Å². The lowest BCUT2D eigenvalue weighted by atomic mass is 9.94. The van der Waals surface area contributed by atoms with E-state index in [0.717, 1.165) is 57.8 Å². The molecule has 4 aliphatic rings. The number of aromatic nitrogens is 1. The summed E-state index contributed by atoms with van der Waals surface area (Å²) in [6.45, 7) is 4.89. The molecule has 5 heteroatoms. The molecule has 0 aliphatic carbocycles. The van der Waals surface area contributed by atoms with Gasteiger partial charge in [-0.3, -0.25) is 14.7 Å². The van der Waals surface area contributed by atoms with Gasteiger partial charge in [-0.1, -0.05) is 6.07 Å². The van der Waals surface area contributed by atoms with Crippen LogP contribution in [0.25, 0.3) is 0 Å². The maximum atomic E-state index is 12.8. The number of hydrogen-bond donors (Lipinski definition) is 0. The van der Waals surface area contributed by atoms with E-state index in [4.69, 9.17) is 4.74 Å². The second-order valence-corrected chi connectivity index (χ2v) is 7.44. The lowest BCUT2D eigenvalue weighted by molar-refractivity contribution is -0.134. The van der Waals surface area contributed by atoms with Crippen LogP contribution in [-0.2, 0) is 16.0 Å². The van der Waals surface area contributed by atoms with Crippen molar-refractivity contribution in [3.63, 3.8) is 0 Å². The maximum absolute atomic E-state index is 12.8. The monoisotopic (exact) mass is 329 g/mol. The lowest BCUT2D eigenvalue weighted by Gasteiger charge is -2.37. The summed E-state index contributed by atoms with van der Waals surface area (Å²) in [5.74, 6) is 0.872. The number of ether oxygens (including phenoxy) is 1. The van der Waals surface area contributed by atoms with Crippen molar-refractivity contribution in [2.45, 2.75) is 44.2 Å². The fourth-order valence-electron chi connectivity index (χ4n) is 4.53. The fourth-order valence-corrected chi connectivity index (χ4v) is 4.53. The molecule has 5 nitrogen and oxygen atoms in total. The Morgan fingerprint density at radius 3 is 2.75 bits per heavy atom. The van der Waals surface area contributed by atoms with Crippen LogP contribution in [0.15, 0.2) is 24.4 Å². The van der Waals surface area contributed by atoms with Crippen LogP contribution in [0.3, 0.4) is 0 Å². The Balaban J connectivity index is 1.43. The number of hydrogen-bond acceptors (Lipinski definition) is 4. The summed E-state index contributed by atoms with van der Waals surface area (Å²) in [7, 11) is 0. The minimum atomic E-state index is 0.247. The van der Waals surface area contributed by atoms with Gasteiger partial charge in [-0.2, -0.15) is 0 Å². The highest BCUT2D eigenvalue weighted by Gasteiger charge is 2.39. The van der Waals surface area contributed by atoms with Gasteiger partial charge in [0.05, 0.1) is 6.42 Å². The van der Waals surface area contributed by atoms with Crippen molar-refractivity contribution in [1.82, 2.24) is 14.8 Å². The molecule has 130 valence electrons. The molecule has 5 rings (SSSR count). The van der Waals surface area contributed by atoms with E-state index in [1.54, 1.807) is 6.20 Å². The molecule has 24 heavy (non-hydrogen) atoms. The Labute approximate surface area is 144 Å². The predicted molar refractivity (Wildman–Crippen MR) is 91.6 cm³/mol. The minimum absolute atomic E-state index is 0.247. The first-order valence-corrected chi connectivity index (χ1v) is 9.31. The van der Waals surface area contributed by atoms with E-state index >= 15 is 0 Å². The average Bonchev–Trinajstić information content (AvgIpc) is 2.95. The van der Waals surface area contributed by atoms with Gasteiger partial charge in [0, 0.05) is 56.8 Å². The number of rotatable bonds is 3. The first-order chi connectivity index (χ1) is 11.8. The quantitative estimate of drug-likeness (QED) is 0.847. The minimum Gasteiger partial charge on any atom is -0.381 e. The zero-order valence-electron chi connectivity index (χ0n) is 14.3. The predicted octanol–water partition coefficient (Wildman–Crippen LogP) is 1.73. The van der Waals surface area contributed by atoms with Gasteiger partial charge < -0.3 is 9.64 Å². The van der Waals surface area contributed by atoms with Crippen LogP contribution in [0.1, 0.15) is 31.4 Å². The summed E-state index contributed by atoms with van der Waals surface area (Å²) < 4.78 is 5.52. The third-order valence-electron chi connectivity index (χ3n) is 5.83. The second-order valence-electron chi connectivity index (χ2n) is 7.44. The van der Waals surface area contributed by atoms with Gasteiger partial charge in [0.15, 0.2) is 0 Å². The molecule has 0 spiro atoms. The van der Waals surface area contributed by atoms with Crippen LogP contribution in [0, 0.1) is 5.92 Å².